The Labute approximate surface area is 242 Å². The van der Waals surface area contributed by atoms with Crippen molar-refractivity contribution in [3.8, 4) is 5.75 Å². The normalized spacial score (nSPS) is 22.8. The number of carbonyl (C=O) groups excluding carboxylic acids is 1. The summed E-state index contributed by atoms with van der Waals surface area (Å²) in [6, 6.07) is 8.76. The maximum Gasteiger partial charge on any atom is 0.339 e. The van der Waals surface area contributed by atoms with Crippen LogP contribution < -0.4 is 15.4 Å². The van der Waals surface area contributed by atoms with E-state index in [-0.39, 0.29) is 18.0 Å². The van der Waals surface area contributed by atoms with Crippen molar-refractivity contribution in [2.45, 2.75) is 44.2 Å². The fraction of sp³-hybridized carbons (Fsp3) is 0.321. The summed E-state index contributed by atoms with van der Waals surface area (Å²) in [5.74, 6) is -2.89. The molecule has 4 unspecified atom stereocenters. The minimum atomic E-state index is -1.35. The number of rotatable bonds is 9. The lowest BCUT2D eigenvalue weighted by Gasteiger charge is -2.22. The highest BCUT2D eigenvalue weighted by molar-refractivity contribution is 5.95. The van der Waals surface area contributed by atoms with Crippen LogP contribution in [0.15, 0.2) is 55.1 Å². The van der Waals surface area contributed by atoms with Crippen LogP contribution >= 0.6 is 0 Å². The van der Waals surface area contributed by atoms with Gasteiger partial charge in [0, 0.05) is 12.1 Å². The summed E-state index contributed by atoms with van der Waals surface area (Å²) in [4.78, 5) is 36.8. The molecular weight excluding hydrogens is 570 g/mol. The van der Waals surface area contributed by atoms with Crippen LogP contribution in [-0.2, 0) is 14.2 Å². The Kier molecular flexibility index (Phi) is 7.84. The molecule has 2 amide bonds. The molecule has 0 radical (unpaired) electrons. The second-order valence-corrected chi connectivity index (χ2v) is 9.81. The third kappa shape index (κ3) is 5.57. The van der Waals surface area contributed by atoms with Crippen LogP contribution in [0.5, 0.6) is 5.75 Å². The molecule has 15 heteroatoms. The fourth-order valence-electron chi connectivity index (χ4n) is 4.98. The number of amides is 2. The van der Waals surface area contributed by atoms with Gasteiger partial charge in [-0.25, -0.2) is 33.3 Å². The largest absolute Gasteiger partial charge is 0.487 e. The average molecular weight is 597 g/mol. The highest BCUT2D eigenvalue weighted by Gasteiger charge is 2.54. The number of carboxylic acid groups (broad SMARTS) is 1. The Morgan fingerprint density at radius 1 is 1.05 bits per heavy atom. The molecule has 2 fully saturated rings. The summed E-state index contributed by atoms with van der Waals surface area (Å²) >= 11 is 0. The maximum atomic E-state index is 14.6. The first-order valence-corrected chi connectivity index (χ1v) is 13.4. The van der Waals surface area contributed by atoms with Gasteiger partial charge in [-0.15, -0.1) is 0 Å². The van der Waals surface area contributed by atoms with Crippen LogP contribution in [-0.4, -0.2) is 68.1 Å². The molecule has 5 atom stereocenters. The number of anilines is 1. The topological polar surface area (TPSA) is 159 Å². The van der Waals surface area contributed by atoms with Gasteiger partial charge in [-0.05, 0) is 30.7 Å². The van der Waals surface area contributed by atoms with Crippen molar-refractivity contribution in [1.82, 2.24) is 24.8 Å². The van der Waals surface area contributed by atoms with Crippen LogP contribution in [0.25, 0.3) is 11.2 Å². The molecule has 2 aromatic heterocycles. The van der Waals surface area contributed by atoms with Crippen LogP contribution in [0.4, 0.5) is 19.4 Å². The van der Waals surface area contributed by atoms with Gasteiger partial charge in [0.1, 0.15) is 42.6 Å². The number of ether oxygens (including phenoxy) is 4. The van der Waals surface area contributed by atoms with Crippen LogP contribution in [0, 0.1) is 11.6 Å². The average Bonchev–Trinajstić information content (AvgIpc) is 3.70. The number of aromatic carboxylic acids is 1. The van der Waals surface area contributed by atoms with E-state index in [1.54, 1.807) is 4.57 Å². The van der Waals surface area contributed by atoms with Crippen molar-refractivity contribution in [2.24, 2.45) is 0 Å². The van der Waals surface area contributed by atoms with Crippen molar-refractivity contribution in [3.63, 3.8) is 0 Å². The Hall–Kier alpha value is -4.73. The number of nitrogens with one attached hydrogen (secondary N) is 2. The molecule has 4 aromatic rings. The summed E-state index contributed by atoms with van der Waals surface area (Å²) in [6.45, 7) is 2.11. The van der Waals surface area contributed by atoms with Crippen LogP contribution in [0.1, 0.15) is 41.8 Å². The number of hydrogen-bond donors (Lipinski definition) is 3. The van der Waals surface area contributed by atoms with Crippen LogP contribution in [0.2, 0.25) is 0 Å². The zero-order valence-corrected chi connectivity index (χ0v) is 22.6. The number of aromatic nitrogens is 4. The molecule has 43 heavy (non-hydrogen) atoms. The molecule has 13 nitrogen and oxygen atoms in total. The van der Waals surface area contributed by atoms with Gasteiger partial charge >= 0.3 is 12.0 Å². The number of halogens is 2. The number of benzene rings is 2. The summed E-state index contributed by atoms with van der Waals surface area (Å²) in [5.41, 5.74) is 0.820. The second kappa shape index (κ2) is 11.9. The molecule has 6 rings (SSSR count). The molecule has 2 saturated heterocycles. The van der Waals surface area contributed by atoms with Crippen molar-refractivity contribution >= 4 is 29.0 Å². The molecule has 0 spiro atoms. The Balaban J connectivity index is 1.30. The first kappa shape index (κ1) is 28.4. The number of urea groups is 1. The van der Waals surface area contributed by atoms with Crippen molar-refractivity contribution < 1.29 is 42.4 Å². The van der Waals surface area contributed by atoms with E-state index in [1.807, 2.05) is 6.92 Å². The number of hydrogen-bond acceptors (Lipinski definition) is 9. The Bertz CT molecular complexity index is 1650. The highest BCUT2D eigenvalue weighted by Crippen LogP contribution is 2.45. The zero-order chi connectivity index (χ0) is 30.1. The number of imidazole rings is 1. The standard InChI is InChI=1S/C28H26F2N6O7/c1-2-10-31-28(39)35-23-19-24(33-12-32-23)36(13-34-19)25-22-21(42-27(43-22)14-6-8-15(29)9-7-14)18(41-25)11-40-20-16(26(37)38)4-3-5-17(20)30/h3-9,12-13,18,21-22,25,27H,2,10-11H2,1H3,(H,37,38)(H2,31,32,33,35,39)/t18?,21?,22?,25?,27-/m0/s1. The first-order valence-electron chi connectivity index (χ1n) is 13.4. The van der Waals surface area contributed by atoms with Crippen LogP contribution in [0.3, 0.4) is 0 Å². The summed E-state index contributed by atoms with van der Waals surface area (Å²) < 4.78 is 54.1. The number of carbonyl (C=O) groups is 2. The number of fused-ring (bicyclic) bond motifs is 2. The molecule has 2 aliphatic heterocycles. The van der Waals surface area contributed by atoms with Gasteiger partial charge in [-0.3, -0.25) is 9.88 Å². The van der Waals surface area contributed by atoms with E-state index in [4.69, 9.17) is 18.9 Å². The molecule has 0 bridgehead atoms. The lowest BCUT2D eigenvalue weighted by molar-refractivity contribution is -0.152. The van der Waals surface area contributed by atoms with Gasteiger partial charge in [0.15, 0.2) is 41.1 Å². The van der Waals surface area contributed by atoms with Gasteiger partial charge in [-0.2, -0.15) is 0 Å². The highest BCUT2D eigenvalue weighted by atomic mass is 19.1. The first-order chi connectivity index (χ1) is 20.8. The van der Waals surface area contributed by atoms with E-state index in [0.29, 0.717) is 23.3 Å². The minimum absolute atomic E-state index is 0.181. The lowest BCUT2D eigenvalue weighted by Crippen LogP contribution is -2.33. The van der Waals surface area contributed by atoms with E-state index in [1.165, 1.54) is 49.1 Å². The van der Waals surface area contributed by atoms with E-state index in [0.717, 1.165) is 12.5 Å². The Morgan fingerprint density at radius 2 is 1.84 bits per heavy atom. The van der Waals surface area contributed by atoms with Crippen molar-refractivity contribution in [2.75, 3.05) is 18.5 Å². The van der Waals surface area contributed by atoms with Gasteiger partial charge in [-0.1, -0.05) is 25.1 Å². The summed E-state index contributed by atoms with van der Waals surface area (Å²) in [6.07, 6.45) is -0.699. The van der Waals surface area contributed by atoms with Gasteiger partial charge < -0.3 is 29.4 Å². The lowest BCUT2D eigenvalue weighted by atomic mass is 10.1. The van der Waals surface area contributed by atoms with Gasteiger partial charge in [0.25, 0.3) is 0 Å². The predicted molar refractivity (Wildman–Crippen MR) is 144 cm³/mol. The maximum absolute atomic E-state index is 14.6. The number of para-hydroxylation sites is 1. The molecule has 2 aromatic carbocycles. The molecule has 4 heterocycles. The minimum Gasteiger partial charge on any atom is -0.487 e. The van der Waals surface area contributed by atoms with Gasteiger partial charge in [0.05, 0.1) is 6.33 Å². The van der Waals surface area contributed by atoms with E-state index in [9.17, 15) is 23.5 Å². The molecule has 0 saturated carbocycles. The SMILES string of the molecule is CCCNC(=O)Nc1ncnc2c1ncn2C1OC(COc2c(F)cccc2C(=O)O)C2O[C@H](c3ccc(F)cc3)OC21. The number of carboxylic acids is 1. The zero-order valence-electron chi connectivity index (χ0n) is 22.6. The monoisotopic (exact) mass is 596 g/mol. The third-order valence-corrected chi connectivity index (χ3v) is 6.98. The third-order valence-electron chi connectivity index (χ3n) is 6.98. The predicted octanol–water partition coefficient (Wildman–Crippen LogP) is 3.79. The summed E-state index contributed by atoms with van der Waals surface area (Å²) in [5, 5.41) is 14.9. The van der Waals surface area contributed by atoms with Crippen molar-refractivity contribution in [3.05, 3.63) is 77.9 Å². The smallest absolute Gasteiger partial charge is 0.339 e. The van der Waals surface area contributed by atoms with E-state index < -0.39 is 60.2 Å². The van der Waals surface area contributed by atoms with E-state index in [2.05, 4.69) is 25.6 Å². The summed E-state index contributed by atoms with van der Waals surface area (Å²) in [7, 11) is 0. The second-order valence-electron chi connectivity index (χ2n) is 9.81. The Morgan fingerprint density at radius 3 is 2.60 bits per heavy atom. The fourth-order valence-corrected chi connectivity index (χ4v) is 4.98. The van der Waals surface area contributed by atoms with E-state index >= 15 is 0 Å². The quantitative estimate of drug-likeness (QED) is 0.260. The van der Waals surface area contributed by atoms with Crippen molar-refractivity contribution in [1.29, 1.82) is 0 Å². The number of nitrogens with zero attached hydrogens (tertiary/aromatic N) is 4. The molecular formula is C28H26F2N6O7. The van der Waals surface area contributed by atoms with Gasteiger partial charge in [0.2, 0.25) is 0 Å². The molecule has 0 aliphatic carbocycles. The molecule has 224 valence electrons. The molecule has 3 N–H and O–H groups in total. The molecule has 2 aliphatic rings.